The number of hydrogen-bond acceptors (Lipinski definition) is 2. The monoisotopic (exact) mass is 349 g/mol. The Morgan fingerprint density at radius 1 is 1.08 bits per heavy atom. The van der Waals surface area contributed by atoms with Gasteiger partial charge in [0.1, 0.15) is 5.15 Å². The van der Waals surface area contributed by atoms with Crippen molar-refractivity contribution in [2.45, 2.75) is 13.5 Å². The van der Waals surface area contributed by atoms with Gasteiger partial charge in [0.25, 0.3) is 5.91 Å². The number of amides is 1. The number of halogens is 1. The molecule has 4 nitrogen and oxygen atoms in total. The molecule has 25 heavy (non-hydrogen) atoms. The van der Waals surface area contributed by atoms with Crippen LogP contribution in [0.3, 0.4) is 0 Å². The number of pyridine rings is 1. The van der Waals surface area contributed by atoms with Crippen LogP contribution in [0.2, 0.25) is 5.15 Å². The highest BCUT2D eigenvalue weighted by Crippen LogP contribution is 2.22. The van der Waals surface area contributed by atoms with E-state index in [4.69, 9.17) is 11.6 Å². The molecule has 0 fully saturated rings. The Labute approximate surface area is 150 Å². The van der Waals surface area contributed by atoms with Crippen LogP contribution in [0.4, 0.5) is 5.69 Å². The molecule has 1 amide bonds. The molecule has 0 aliphatic rings. The van der Waals surface area contributed by atoms with Crippen molar-refractivity contribution in [3.05, 3.63) is 71.5 Å². The summed E-state index contributed by atoms with van der Waals surface area (Å²) in [5, 5.41) is 5.39. The van der Waals surface area contributed by atoms with E-state index in [2.05, 4.69) is 34.1 Å². The van der Waals surface area contributed by atoms with Crippen LogP contribution in [0.1, 0.15) is 17.3 Å². The van der Waals surface area contributed by atoms with Crippen LogP contribution >= 0.6 is 11.6 Å². The van der Waals surface area contributed by atoms with E-state index in [-0.39, 0.29) is 5.91 Å². The molecule has 5 heteroatoms. The predicted molar refractivity (Wildman–Crippen MR) is 102 cm³/mol. The van der Waals surface area contributed by atoms with E-state index in [9.17, 15) is 4.79 Å². The van der Waals surface area contributed by atoms with Gasteiger partial charge in [-0.1, -0.05) is 11.6 Å². The van der Waals surface area contributed by atoms with Crippen molar-refractivity contribution in [2.24, 2.45) is 0 Å². The number of hydrogen-bond donors (Lipinski definition) is 1. The first-order chi connectivity index (χ1) is 12.1. The number of anilines is 1. The summed E-state index contributed by atoms with van der Waals surface area (Å²) in [6.07, 6.45) is 2.05. The number of aromatic nitrogens is 2. The first-order valence-corrected chi connectivity index (χ1v) is 8.48. The van der Waals surface area contributed by atoms with Crippen molar-refractivity contribution in [1.82, 2.24) is 9.55 Å². The summed E-state index contributed by atoms with van der Waals surface area (Å²) in [6, 6.07) is 17.0. The molecule has 2 aromatic heterocycles. The Morgan fingerprint density at radius 3 is 2.80 bits per heavy atom. The third kappa shape index (κ3) is 2.96. The molecule has 124 valence electrons. The zero-order chi connectivity index (χ0) is 17.4. The molecule has 0 radical (unpaired) electrons. The molecular weight excluding hydrogens is 334 g/mol. The second-order valence-electron chi connectivity index (χ2n) is 5.87. The number of carbonyl (C=O) groups excluding carboxylic acids is 1. The molecule has 0 aliphatic carbocycles. The first kappa shape index (κ1) is 15.7. The molecule has 2 heterocycles. The second-order valence-corrected chi connectivity index (χ2v) is 6.26. The van der Waals surface area contributed by atoms with Gasteiger partial charge in [-0.2, -0.15) is 0 Å². The third-order valence-electron chi connectivity index (χ3n) is 4.29. The Balaban J connectivity index is 1.62. The number of aryl methyl sites for hydroxylation is 1. The predicted octanol–water partition coefficient (Wildman–Crippen LogP) is 5.12. The van der Waals surface area contributed by atoms with E-state index >= 15 is 0 Å². The summed E-state index contributed by atoms with van der Waals surface area (Å²) in [5.41, 5.74) is 3.30. The zero-order valence-corrected chi connectivity index (χ0v) is 14.4. The molecule has 1 N–H and O–H groups in total. The fourth-order valence-electron chi connectivity index (χ4n) is 3.00. The average molecular weight is 350 g/mol. The summed E-state index contributed by atoms with van der Waals surface area (Å²) < 4.78 is 2.17. The summed E-state index contributed by atoms with van der Waals surface area (Å²) >= 11 is 5.90. The fraction of sp³-hybridized carbons (Fsp3) is 0.100. The largest absolute Gasteiger partial charge is 0.348 e. The molecule has 0 saturated heterocycles. The number of rotatable bonds is 3. The van der Waals surface area contributed by atoms with Crippen LogP contribution in [0.25, 0.3) is 21.8 Å². The Bertz CT molecular complexity index is 1100. The molecule has 0 atom stereocenters. The average Bonchev–Trinajstić information content (AvgIpc) is 3.03. The van der Waals surface area contributed by atoms with Gasteiger partial charge in [-0.15, -0.1) is 0 Å². The molecular formula is C20H16ClN3O. The first-order valence-electron chi connectivity index (χ1n) is 8.10. The van der Waals surface area contributed by atoms with Crippen molar-refractivity contribution >= 4 is 45.0 Å². The van der Waals surface area contributed by atoms with Gasteiger partial charge in [-0.25, -0.2) is 4.98 Å². The molecule has 0 unspecified atom stereocenters. The van der Waals surface area contributed by atoms with Crippen LogP contribution in [0.15, 0.2) is 60.8 Å². The highest BCUT2D eigenvalue weighted by Gasteiger charge is 2.09. The number of fused-ring (bicyclic) bond motifs is 2. The van der Waals surface area contributed by atoms with E-state index < -0.39 is 0 Å². The molecule has 0 bridgehead atoms. The minimum Gasteiger partial charge on any atom is -0.348 e. The molecule has 0 spiro atoms. The van der Waals surface area contributed by atoms with Gasteiger partial charge in [0.15, 0.2) is 0 Å². The van der Waals surface area contributed by atoms with Crippen LogP contribution in [0, 0.1) is 0 Å². The van der Waals surface area contributed by atoms with E-state index in [1.807, 2.05) is 30.3 Å². The van der Waals surface area contributed by atoms with Gasteiger partial charge in [0, 0.05) is 40.3 Å². The Kier molecular flexibility index (Phi) is 3.90. The van der Waals surface area contributed by atoms with Gasteiger partial charge in [-0.05, 0) is 61.5 Å². The van der Waals surface area contributed by atoms with E-state index in [0.29, 0.717) is 10.7 Å². The molecule has 2 aromatic carbocycles. The molecule has 4 aromatic rings. The summed E-state index contributed by atoms with van der Waals surface area (Å²) in [4.78, 5) is 16.8. The maximum absolute atomic E-state index is 12.6. The Morgan fingerprint density at radius 2 is 1.96 bits per heavy atom. The van der Waals surface area contributed by atoms with E-state index in [1.54, 1.807) is 18.2 Å². The smallest absolute Gasteiger partial charge is 0.255 e. The Hall–Kier alpha value is -2.85. The molecule has 0 aliphatic heterocycles. The lowest BCUT2D eigenvalue weighted by molar-refractivity contribution is 0.102. The SMILES string of the molecule is CCn1ccc2cc(NC(=O)c3ccc4nc(Cl)ccc4c3)ccc21. The van der Waals surface area contributed by atoms with Crippen LogP contribution in [-0.2, 0) is 6.54 Å². The minimum atomic E-state index is -0.147. The lowest BCUT2D eigenvalue weighted by atomic mass is 10.1. The standard InChI is InChI=1S/C20H16ClN3O/c1-2-24-10-9-14-12-16(5-7-18(14)24)22-20(25)15-3-6-17-13(11-15)4-8-19(21)23-17/h3-12H,2H2,1H3,(H,22,25). The van der Waals surface area contributed by atoms with E-state index in [1.165, 1.54) is 0 Å². The molecule has 4 rings (SSSR count). The maximum Gasteiger partial charge on any atom is 0.255 e. The third-order valence-corrected chi connectivity index (χ3v) is 4.50. The quantitative estimate of drug-likeness (QED) is 0.522. The van der Waals surface area contributed by atoms with E-state index in [0.717, 1.165) is 34.0 Å². The summed E-state index contributed by atoms with van der Waals surface area (Å²) in [6.45, 7) is 3.03. The van der Waals surface area contributed by atoms with Crippen LogP contribution < -0.4 is 5.32 Å². The van der Waals surface area contributed by atoms with Crippen molar-refractivity contribution in [2.75, 3.05) is 5.32 Å². The minimum absolute atomic E-state index is 0.147. The number of benzene rings is 2. The van der Waals surface area contributed by atoms with Gasteiger partial charge in [0.05, 0.1) is 5.52 Å². The lowest BCUT2D eigenvalue weighted by Gasteiger charge is -2.07. The van der Waals surface area contributed by atoms with Crippen molar-refractivity contribution < 1.29 is 4.79 Å². The fourth-order valence-corrected chi connectivity index (χ4v) is 3.15. The van der Waals surface area contributed by atoms with Crippen molar-refractivity contribution in [3.8, 4) is 0 Å². The van der Waals surface area contributed by atoms with Crippen molar-refractivity contribution in [3.63, 3.8) is 0 Å². The van der Waals surface area contributed by atoms with Gasteiger partial charge >= 0.3 is 0 Å². The zero-order valence-electron chi connectivity index (χ0n) is 13.7. The van der Waals surface area contributed by atoms with Gasteiger partial charge in [0.2, 0.25) is 0 Å². The number of nitrogens with zero attached hydrogens (tertiary/aromatic N) is 2. The maximum atomic E-state index is 12.6. The van der Waals surface area contributed by atoms with Crippen LogP contribution in [-0.4, -0.2) is 15.5 Å². The lowest BCUT2D eigenvalue weighted by Crippen LogP contribution is -2.11. The van der Waals surface area contributed by atoms with Crippen molar-refractivity contribution in [1.29, 1.82) is 0 Å². The second kappa shape index (κ2) is 6.22. The number of carbonyl (C=O) groups is 1. The normalized spacial score (nSPS) is 11.1. The summed E-state index contributed by atoms with van der Waals surface area (Å²) in [5.74, 6) is -0.147. The summed E-state index contributed by atoms with van der Waals surface area (Å²) in [7, 11) is 0. The highest BCUT2D eigenvalue weighted by atomic mass is 35.5. The van der Waals surface area contributed by atoms with Crippen LogP contribution in [0.5, 0.6) is 0 Å². The van der Waals surface area contributed by atoms with Gasteiger partial charge < -0.3 is 9.88 Å². The van der Waals surface area contributed by atoms with Gasteiger partial charge in [-0.3, -0.25) is 4.79 Å². The highest BCUT2D eigenvalue weighted by molar-refractivity contribution is 6.29. The topological polar surface area (TPSA) is 46.9 Å². The molecule has 0 saturated carbocycles. The number of nitrogens with one attached hydrogen (secondary N) is 1.